The monoisotopic (exact) mass is 441 g/mol. The predicted molar refractivity (Wildman–Crippen MR) is 126 cm³/mol. The number of hydrogen-bond acceptors (Lipinski definition) is 4. The Labute approximate surface area is 191 Å². The summed E-state index contributed by atoms with van der Waals surface area (Å²) in [6.07, 6.45) is 4.24. The van der Waals surface area contributed by atoms with Crippen molar-refractivity contribution in [1.82, 2.24) is 0 Å². The van der Waals surface area contributed by atoms with E-state index < -0.39 is 11.7 Å². The number of ether oxygens (including phenoxy) is 1. The van der Waals surface area contributed by atoms with Crippen LogP contribution in [0.1, 0.15) is 51.4 Å². The second kappa shape index (κ2) is 7.81. The number of anilines is 2. The van der Waals surface area contributed by atoms with Crippen molar-refractivity contribution in [2.24, 2.45) is 0 Å². The average molecular weight is 441 g/mol. The molecule has 0 saturated heterocycles. The summed E-state index contributed by atoms with van der Waals surface area (Å²) in [7, 11) is 1.57. The van der Waals surface area contributed by atoms with Gasteiger partial charge >= 0.3 is 5.97 Å². The third kappa shape index (κ3) is 3.44. The van der Waals surface area contributed by atoms with Crippen LogP contribution in [0.4, 0.5) is 11.4 Å². The first kappa shape index (κ1) is 20.8. The van der Waals surface area contributed by atoms with Crippen LogP contribution in [0.25, 0.3) is 11.6 Å². The lowest BCUT2D eigenvalue weighted by atomic mass is 9.94. The largest absolute Gasteiger partial charge is 0.507 e. The van der Waals surface area contributed by atoms with Crippen molar-refractivity contribution >= 4 is 34.9 Å². The van der Waals surface area contributed by atoms with Gasteiger partial charge in [0.1, 0.15) is 17.1 Å². The van der Waals surface area contributed by atoms with Gasteiger partial charge in [-0.05, 0) is 72.7 Å². The summed E-state index contributed by atoms with van der Waals surface area (Å²) in [5.74, 6) is -0.808. The molecule has 0 spiro atoms. The van der Waals surface area contributed by atoms with Crippen LogP contribution in [0.3, 0.4) is 0 Å². The molecule has 1 saturated carbocycles. The molecule has 0 bridgehead atoms. The fraction of sp³-hybridized carbons (Fsp3) is 0.185. The molecule has 1 fully saturated rings. The van der Waals surface area contributed by atoms with Crippen molar-refractivity contribution in [2.45, 2.75) is 25.7 Å². The molecule has 33 heavy (non-hydrogen) atoms. The van der Waals surface area contributed by atoms with E-state index in [1.54, 1.807) is 13.2 Å². The van der Waals surface area contributed by atoms with E-state index in [0.29, 0.717) is 34.2 Å². The number of rotatable bonds is 5. The van der Waals surface area contributed by atoms with E-state index in [-0.39, 0.29) is 11.5 Å². The zero-order valence-corrected chi connectivity index (χ0v) is 18.3. The summed E-state index contributed by atoms with van der Waals surface area (Å²) >= 11 is 0. The van der Waals surface area contributed by atoms with Crippen molar-refractivity contribution < 1.29 is 24.5 Å². The van der Waals surface area contributed by atoms with E-state index in [4.69, 9.17) is 4.74 Å². The summed E-state index contributed by atoms with van der Waals surface area (Å²) in [5.41, 5.74) is 5.35. The molecule has 1 aliphatic heterocycles. The summed E-state index contributed by atoms with van der Waals surface area (Å²) in [5, 5.41) is 19.5. The highest BCUT2D eigenvalue weighted by Gasteiger charge is 2.37. The highest BCUT2D eigenvalue weighted by molar-refractivity contribution is 6.38. The Morgan fingerprint density at radius 2 is 1.88 bits per heavy atom. The Bertz CT molecular complexity index is 1340. The molecule has 0 aromatic heterocycles. The number of carboxylic acids is 1. The first-order chi connectivity index (χ1) is 15.9. The molecule has 1 heterocycles. The maximum atomic E-state index is 13.8. The fourth-order valence-electron chi connectivity index (χ4n) is 4.51. The van der Waals surface area contributed by atoms with Crippen LogP contribution >= 0.6 is 0 Å². The number of methoxy groups -OCH3 is 1. The predicted octanol–water partition coefficient (Wildman–Crippen LogP) is 5.50. The minimum atomic E-state index is -1.23. The summed E-state index contributed by atoms with van der Waals surface area (Å²) < 4.78 is 5.61. The Balaban J connectivity index is 1.70. The smallest absolute Gasteiger partial charge is 0.339 e. The number of benzene rings is 3. The van der Waals surface area contributed by atoms with Gasteiger partial charge in [-0.2, -0.15) is 0 Å². The van der Waals surface area contributed by atoms with Gasteiger partial charge in [-0.1, -0.05) is 24.3 Å². The first-order valence-electron chi connectivity index (χ1n) is 10.8. The zero-order chi connectivity index (χ0) is 23.3. The summed E-state index contributed by atoms with van der Waals surface area (Å²) in [6.45, 7) is 2.04. The van der Waals surface area contributed by atoms with Gasteiger partial charge in [0.15, 0.2) is 0 Å². The number of fused-ring (bicyclic) bond motifs is 1. The third-order valence-corrected chi connectivity index (χ3v) is 6.30. The van der Waals surface area contributed by atoms with Gasteiger partial charge in [0, 0.05) is 6.07 Å². The second-order valence-electron chi connectivity index (χ2n) is 8.41. The van der Waals surface area contributed by atoms with E-state index in [9.17, 15) is 19.8 Å². The topological polar surface area (TPSA) is 87.1 Å². The number of nitrogens with zero attached hydrogens (tertiary/aromatic N) is 1. The number of aromatic hydroxyl groups is 1. The quantitative estimate of drug-likeness (QED) is 0.510. The molecule has 5 rings (SSSR count). The number of phenols is 1. The molecule has 6 heteroatoms. The van der Waals surface area contributed by atoms with Crippen LogP contribution in [0.5, 0.6) is 11.5 Å². The van der Waals surface area contributed by atoms with Crippen LogP contribution in [0.15, 0.2) is 54.6 Å². The van der Waals surface area contributed by atoms with E-state index >= 15 is 0 Å². The van der Waals surface area contributed by atoms with Gasteiger partial charge < -0.3 is 14.9 Å². The minimum Gasteiger partial charge on any atom is -0.507 e. The van der Waals surface area contributed by atoms with E-state index in [1.807, 2.05) is 31.2 Å². The maximum Gasteiger partial charge on any atom is 0.339 e. The Kier molecular flexibility index (Phi) is 4.93. The molecule has 1 aliphatic carbocycles. The molecule has 3 aromatic rings. The SMILES string of the molecule is COc1cccc2c1/C(=C/c1c(C)cccc1C1CC1)C(=O)N2c1ccc(C(=O)O)c(O)c1. The average Bonchev–Trinajstić information content (AvgIpc) is 3.59. The van der Waals surface area contributed by atoms with Crippen molar-refractivity contribution in [3.63, 3.8) is 0 Å². The Morgan fingerprint density at radius 3 is 2.55 bits per heavy atom. The number of carboxylic acid groups (broad SMARTS) is 1. The van der Waals surface area contributed by atoms with Gasteiger partial charge in [-0.25, -0.2) is 4.79 Å². The minimum absolute atomic E-state index is 0.221. The number of carbonyl (C=O) groups excluding carboxylic acids is 1. The molecule has 3 aromatic carbocycles. The van der Waals surface area contributed by atoms with Crippen LogP contribution in [-0.2, 0) is 4.79 Å². The van der Waals surface area contributed by atoms with Crippen LogP contribution < -0.4 is 9.64 Å². The zero-order valence-electron chi connectivity index (χ0n) is 18.3. The first-order valence-corrected chi connectivity index (χ1v) is 10.8. The van der Waals surface area contributed by atoms with Gasteiger partial charge in [-0.3, -0.25) is 9.69 Å². The number of hydrogen-bond donors (Lipinski definition) is 2. The van der Waals surface area contributed by atoms with Gasteiger partial charge in [0.25, 0.3) is 5.91 Å². The highest BCUT2D eigenvalue weighted by atomic mass is 16.5. The molecular formula is C27H23NO5. The van der Waals surface area contributed by atoms with Crippen molar-refractivity contribution in [3.8, 4) is 11.5 Å². The normalized spacial score (nSPS) is 16.2. The molecule has 0 radical (unpaired) electrons. The lowest BCUT2D eigenvalue weighted by Gasteiger charge is -2.18. The third-order valence-electron chi connectivity index (χ3n) is 6.30. The molecule has 6 nitrogen and oxygen atoms in total. The van der Waals surface area contributed by atoms with Gasteiger partial charge in [-0.15, -0.1) is 0 Å². The Morgan fingerprint density at radius 1 is 1.12 bits per heavy atom. The lowest BCUT2D eigenvalue weighted by molar-refractivity contribution is -0.112. The summed E-state index contributed by atoms with van der Waals surface area (Å²) in [6, 6.07) is 15.8. The van der Waals surface area contributed by atoms with Gasteiger partial charge in [0.2, 0.25) is 0 Å². The molecule has 0 unspecified atom stereocenters. The molecule has 0 atom stereocenters. The molecule has 166 valence electrons. The highest BCUT2D eigenvalue weighted by Crippen LogP contribution is 2.49. The van der Waals surface area contributed by atoms with E-state index in [2.05, 4.69) is 12.1 Å². The fourth-order valence-corrected chi connectivity index (χ4v) is 4.51. The van der Waals surface area contributed by atoms with Crippen molar-refractivity contribution in [3.05, 3.63) is 82.4 Å². The molecule has 2 aliphatic rings. The van der Waals surface area contributed by atoms with E-state index in [0.717, 1.165) is 24.0 Å². The maximum absolute atomic E-state index is 13.8. The molecular weight excluding hydrogens is 418 g/mol. The standard InChI is InChI=1S/C27H23NO5/c1-15-5-3-6-18(16-9-10-16)20(15)14-21-25-22(7-4-8-24(25)33-2)28(26(21)30)17-11-12-19(27(31)32)23(29)13-17/h3-8,11-14,16,29H,9-10H2,1-2H3,(H,31,32)/b21-14-. The molecule has 2 N–H and O–H groups in total. The van der Waals surface area contributed by atoms with Crippen molar-refractivity contribution in [1.29, 1.82) is 0 Å². The number of carbonyl (C=O) groups is 2. The molecule has 1 amide bonds. The summed E-state index contributed by atoms with van der Waals surface area (Å²) in [4.78, 5) is 26.6. The van der Waals surface area contributed by atoms with Crippen LogP contribution in [0.2, 0.25) is 0 Å². The second-order valence-corrected chi connectivity index (χ2v) is 8.41. The van der Waals surface area contributed by atoms with Crippen LogP contribution in [-0.4, -0.2) is 29.2 Å². The van der Waals surface area contributed by atoms with E-state index in [1.165, 1.54) is 28.7 Å². The van der Waals surface area contributed by atoms with Gasteiger partial charge in [0.05, 0.1) is 29.6 Å². The van der Waals surface area contributed by atoms with Crippen molar-refractivity contribution in [2.75, 3.05) is 12.0 Å². The number of aryl methyl sites for hydroxylation is 1. The number of amides is 1. The lowest BCUT2D eigenvalue weighted by Crippen LogP contribution is -2.20. The Hall–Kier alpha value is -4.06. The number of aromatic carboxylic acids is 1. The van der Waals surface area contributed by atoms with Crippen LogP contribution in [0, 0.1) is 6.92 Å².